The zero-order chi connectivity index (χ0) is 9.80. The van der Waals surface area contributed by atoms with Crippen LogP contribution in [0.4, 0.5) is 0 Å². The number of hydrogen-bond donors (Lipinski definition) is 2. The lowest BCUT2D eigenvalue weighted by molar-refractivity contribution is 0.185. The largest absolute Gasteiger partial charge is 0.381 e. The van der Waals surface area contributed by atoms with Gasteiger partial charge in [0.1, 0.15) is 0 Å². The van der Waals surface area contributed by atoms with Crippen molar-refractivity contribution in [3.63, 3.8) is 0 Å². The van der Waals surface area contributed by atoms with Crippen molar-refractivity contribution in [2.45, 2.75) is 19.9 Å². The fourth-order valence-electron chi connectivity index (χ4n) is 1.71. The van der Waals surface area contributed by atoms with Crippen molar-refractivity contribution in [2.75, 3.05) is 19.8 Å². The molecular weight excluding hydrogens is 178 g/mol. The van der Waals surface area contributed by atoms with E-state index in [1.165, 1.54) is 12.0 Å². The minimum absolute atomic E-state index is 0.696. The summed E-state index contributed by atoms with van der Waals surface area (Å²) in [5.74, 6) is 0.696. The lowest BCUT2D eigenvalue weighted by Crippen LogP contribution is -2.22. The standard InChI is InChI=1S/C10H17N3O/c1-8-10(6-12-13-8)5-11-4-9-2-3-14-7-9/h6,9,11H,2-5,7H2,1H3,(H,12,13). The summed E-state index contributed by atoms with van der Waals surface area (Å²) in [4.78, 5) is 0. The molecule has 2 rings (SSSR count). The van der Waals surface area contributed by atoms with Gasteiger partial charge in [0.15, 0.2) is 0 Å². The van der Waals surface area contributed by atoms with Crippen molar-refractivity contribution in [1.29, 1.82) is 0 Å². The summed E-state index contributed by atoms with van der Waals surface area (Å²) in [5, 5.41) is 10.3. The van der Waals surface area contributed by atoms with Crippen molar-refractivity contribution in [2.24, 2.45) is 5.92 Å². The monoisotopic (exact) mass is 195 g/mol. The summed E-state index contributed by atoms with van der Waals surface area (Å²) in [7, 11) is 0. The van der Waals surface area contributed by atoms with Gasteiger partial charge in [-0.15, -0.1) is 0 Å². The third-order valence-corrected chi connectivity index (χ3v) is 2.71. The van der Waals surface area contributed by atoms with E-state index in [0.29, 0.717) is 5.92 Å². The summed E-state index contributed by atoms with van der Waals surface area (Å²) in [5.41, 5.74) is 2.41. The topological polar surface area (TPSA) is 49.9 Å². The molecule has 1 aromatic rings. The molecule has 0 amide bonds. The van der Waals surface area contributed by atoms with Crippen LogP contribution in [0.3, 0.4) is 0 Å². The highest BCUT2D eigenvalue weighted by molar-refractivity contribution is 5.13. The van der Waals surface area contributed by atoms with E-state index in [9.17, 15) is 0 Å². The van der Waals surface area contributed by atoms with Crippen molar-refractivity contribution in [3.8, 4) is 0 Å². The molecule has 1 saturated heterocycles. The highest BCUT2D eigenvalue weighted by atomic mass is 16.5. The van der Waals surface area contributed by atoms with Gasteiger partial charge in [-0.25, -0.2) is 0 Å². The molecule has 0 spiro atoms. The predicted molar refractivity (Wildman–Crippen MR) is 54.0 cm³/mol. The number of ether oxygens (including phenoxy) is 1. The molecule has 14 heavy (non-hydrogen) atoms. The average Bonchev–Trinajstić information content (AvgIpc) is 2.78. The van der Waals surface area contributed by atoms with Gasteiger partial charge in [-0.1, -0.05) is 0 Å². The fourth-order valence-corrected chi connectivity index (χ4v) is 1.71. The van der Waals surface area contributed by atoms with Gasteiger partial charge < -0.3 is 10.1 Å². The van der Waals surface area contributed by atoms with Crippen molar-refractivity contribution in [3.05, 3.63) is 17.5 Å². The van der Waals surface area contributed by atoms with Crippen molar-refractivity contribution >= 4 is 0 Å². The normalized spacial score (nSPS) is 21.6. The highest BCUT2D eigenvalue weighted by Gasteiger charge is 2.14. The Hall–Kier alpha value is -0.870. The quantitative estimate of drug-likeness (QED) is 0.748. The average molecular weight is 195 g/mol. The van der Waals surface area contributed by atoms with Crippen LogP contribution in [0.25, 0.3) is 0 Å². The van der Waals surface area contributed by atoms with E-state index in [1.807, 2.05) is 13.1 Å². The molecule has 0 aliphatic carbocycles. The molecule has 78 valence electrons. The van der Waals surface area contributed by atoms with Crippen LogP contribution in [0.5, 0.6) is 0 Å². The van der Waals surface area contributed by atoms with Crippen molar-refractivity contribution < 1.29 is 4.74 Å². The second-order valence-electron chi connectivity index (χ2n) is 3.88. The molecule has 1 aliphatic rings. The van der Waals surface area contributed by atoms with E-state index >= 15 is 0 Å². The molecule has 0 aromatic carbocycles. The Morgan fingerprint density at radius 1 is 1.71 bits per heavy atom. The number of nitrogens with zero attached hydrogens (tertiary/aromatic N) is 1. The Kier molecular flexibility index (Phi) is 3.16. The minimum Gasteiger partial charge on any atom is -0.381 e. The molecule has 1 fully saturated rings. The summed E-state index contributed by atoms with van der Waals surface area (Å²) in [6.45, 7) is 5.83. The molecule has 1 unspecified atom stereocenters. The van der Waals surface area contributed by atoms with E-state index in [-0.39, 0.29) is 0 Å². The smallest absolute Gasteiger partial charge is 0.0535 e. The second-order valence-corrected chi connectivity index (χ2v) is 3.88. The molecular formula is C10H17N3O. The Bertz CT molecular complexity index is 279. The molecule has 0 bridgehead atoms. The number of rotatable bonds is 4. The van der Waals surface area contributed by atoms with Crippen LogP contribution >= 0.6 is 0 Å². The predicted octanol–water partition coefficient (Wildman–Crippen LogP) is 0.844. The Morgan fingerprint density at radius 2 is 2.64 bits per heavy atom. The SMILES string of the molecule is Cc1[nH]ncc1CNCC1CCOC1. The van der Waals surface area contributed by atoms with Gasteiger partial charge in [0.25, 0.3) is 0 Å². The van der Waals surface area contributed by atoms with E-state index < -0.39 is 0 Å². The minimum atomic E-state index is 0.696. The molecule has 1 aliphatic heterocycles. The van der Waals surface area contributed by atoms with Gasteiger partial charge in [0, 0.05) is 31.0 Å². The van der Waals surface area contributed by atoms with Crippen molar-refractivity contribution in [1.82, 2.24) is 15.5 Å². The maximum absolute atomic E-state index is 5.31. The van der Waals surface area contributed by atoms with Crippen LogP contribution in [-0.4, -0.2) is 30.0 Å². The maximum atomic E-state index is 5.31. The first-order chi connectivity index (χ1) is 6.86. The summed E-state index contributed by atoms with van der Waals surface area (Å²) < 4.78 is 5.31. The van der Waals surface area contributed by atoms with E-state index in [1.54, 1.807) is 0 Å². The molecule has 0 saturated carbocycles. The number of aromatic amines is 1. The molecule has 2 N–H and O–H groups in total. The Morgan fingerprint density at radius 3 is 3.29 bits per heavy atom. The number of aryl methyl sites for hydroxylation is 1. The third kappa shape index (κ3) is 2.33. The lowest BCUT2D eigenvalue weighted by atomic mass is 10.1. The molecule has 1 atom stereocenters. The molecule has 1 aromatic heterocycles. The summed E-state index contributed by atoms with van der Waals surface area (Å²) >= 11 is 0. The number of nitrogens with one attached hydrogen (secondary N) is 2. The van der Waals surface area contributed by atoms with Gasteiger partial charge in [-0.3, -0.25) is 5.10 Å². The van der Waals surface area contributed by atoms with Gasteiger partial charge >= 0.3 is 0 Å². The number of hydrogen-bond acceptors (Lipinski definition) is 3. The van der Waals surface area contributed by atoms with E-state index in [0.717, 1.165) is 32.0 Å². The fraction of sp³-hybridized carbons (Fsp3) is 0.700. The van der Waals surface area contributed by atoms with E-state index in [4.69, 9.17) is 4.74 Å². The first-order valence-corrected chi connectivity index (χ1v) is 5.13. The van der Waals surface area contributed by atoms with Crippen LogP contribution in [0, 0.1) is 12.8 Å². The van der Waals surface area contributed by atoms with Crippen LogP contribution in [-0.2, 0) is 11.3 Å². The van der Waals surface area contributed by atoms with E-state index in [2.05, 4.69) is 15.5 Å². The zero-order valence-electron chi connectivity index (χ0n) is 8.55. The molecule has 4 nitrogen and oxygen atoms in total. The van der Waals surface area contributed by atoms with Gasteiger partial charge in [-0.2, -0.15) is 5.10 Å². The van der Waals surface area contributed by atoms with Gasteiger partial charge in [0.05, 0.1) is 12.8 Å². The second kappa shape index (κ2) is 4.57. The molecule has 0 radical (unpaired) electrons. The van der Waals surface area contributed by atoms with Crippen LogP contribution < -0.4 is 5.32 Å². The first-order valence-electron chi connectivity index (χ1n) is 5.13. The number of aromatic nitrogens is 2. The van der Waals surface area contributed by atoms with Crippen LogP contribution in [0.15, 0.2) is 6.20 Å². The van der Waals surface area contributed by atoms with Crippen LogP contribution in [0.1, 0.15) is 17.7 Å². The summed E-state index contributed by atoms with van der Waals surface area (Å²) in [6.07, 6.45) is 3.07. The maximum Gasteiger partial charge on any atom is 0.0535 e. The molecule has 4 heteroatoms. The Balaban J connectivity index is 1.70. The number of H-pyrrole nitrogens is 1. The van der Waals surface area contributed by atoms with Gasteiger partial charge in [0.2, 0.25) is 0 Å². The Labute approximate surface area is 84.0 Å². The zero-order valence-corrected chi connectivity index (χ0v) is 8.55. The summed E-state index contributed by atoms with van der Waals surface area (Å²) in [6, 6.07) is 0. The van der Waals surface area contributed by atoms with Gasteiger partial charge in [-0.05, 0) is 19.3 Å². The lowest BCUT2D eigenvalue weighted by Gasteiger charge is -2.08. The highest BCUT2D eigenvalue weighted by Crippen LogP contribution is 2.11. The molecule has 2 heterocycles. The first kappa shape index (κ1) is 9.68. The third-order valence-electron chi connectivity index (χ3n) is 2.71. The van der Waals surface area contributed by atoms with Crippen LogP contribution in [0.2, 0.25) is 0 Å².